The second-order valence-corrected chi connectivity index (χ2v) is 4.26. The van der Waals surface area contributed by atoms with E-state index in [-0.39, 0.29) is 5.56 Å². The molecule has 0 bridgehead atoms. The van der Waals surface area contributed by atoms with Gasteiger partial charge in [-0.3, -0.25) is 9.20 Å². The lowest BCUT2D eigenvalue weighted by atomic mass is 10.5. The Morgan fingerprint density at radius 3 is 3.00 bits per heavy atom. The number of pyridine rings is 1. The zero-order valence-electron chi connectivity index (χ0n) is 6.37. The third kappa shape index (κ3) is 1.15. The van der Waals surface area contributed by atoms with Crippen LogP contribution in [0.5, 0.6) is 0 Å². The van der Waals surface area contributed by atoms with Gasteiger partial charge in [-0.15, -0.1) is 11.3 Å². The fourth-order valence-electron chi connectivity index (χ4n) is 1.10. The van der Waals surface area contributed by atoms with Crippen LogP contribution in [0.1, 0.15) is 4.88 Å². The summed E-state index contributed by atoms with van der Waals surface area (Å²) >= 11 is 7.29. The molecule has 0 fully saturated rings. The van der Waals surface area contributed by atoms with Crippen molar-refractivity contribution in [2.45, 2.75) is 6.92 Å². The second kappa shape index (κ2) is 2.61. The fourth-order valence-corrected chi connectivity index (χ4v) is 2.28. The average molecular weight is 200 g/mol. The summed E-state index contributed by atoms with van der Waals surface area (Å²) in [7, 11) is 0. The second-order valence-electron chi connectivity index (χ2n) is 2.56. The predicted octanol–water partition coefficient (Wildman–Crippen LogP) is 2.32. The van der Waals surface area contributed by atoms with Crippen molar-refractivity contribution in [1.82, 2.24) is 4.40 Å². The SMILES string of the molecule is Cc1cn2c(=O)cc(Cl)cc2s1. The Morgan fingerprint density at radius 1 is 1.50 bits per heavy atom. The molecule has 0 aliphatic rings. The zero-order valence-corrected chi connectivity index (χ0v) is 7.95. The van der Waals surface area contributed by atoms with E-state index in [1.54, 1.807) is 21.8 Å². The fraction of sp³-hybridized carbons (Fsp3) is 0.125. The molecule has 12 heavy (non-hydrogen) atoms. The lowest BCUT2D eigenvalue weighted by Gasteiger charge is -1.90. The minimum absolute atomic E-state index is 0.0677. The van der Waals surface area contributed by atoms with Crippen molar-refractivity contribution in [1.29, 1.82) is 0 Å². The highest BCUT2D eigenvalue weighted by Crippen LogP contribution is 2.17. The summed E-state index contributed by atoms with van der Waals surface area (Å²) in [4.78, 5) is 13.3. The van der Waals surface area contributed by atoms with Gasteiger partial charge >= 0.3 is 0 Å². The lowest BCUT2D eigenvalue weighted by molar-refractivity contribution is 1.12. The number of aryl methyl sites for hydroxylation is 1. The van der Waals surface area contributed by atoms with E-state index >= 15 is 0 Å². The van der Waals surface area contributed by atoms with E-state index in [1.807, 2.05) is 13.1 Å². The Bertz CT molecular complexity index is 485. The standard InChI is InChI=1S/C8H6ClNOS/c1-5-4-10-7(11)2-6(9)3-8(10)12-5/h2-4H,1H3. The maximum atomic E-state index is 11.3. The van der Waals surface area contributed by atoms with E-state index in [2.05, 4.69) is 0 Å². The maximum absolute atomic E-state index is 11.3. The number of hydrogen-bond donors (Lipinski definition) is 0. The van der Waals surface area contributed by atoms with Crippen LogP contribution < -0.4 is 5.56 Å². The maximum Gasteiger partial charge on any atom is 0.257 e. The number of fused-ring (bicyclic) bond motifs is 1. The summed E-state index contributed by atoms with van der Waals surface area (Å²) in [6.45, 7) is 1.96. The number of aromatic nitrogens is 1. The van der Waals surface area contributed by atoms with Gasteiger partial charge in [0.1, 0.15) is 4.83 Å². The number of rotatable bonds is 0. The molecule has 0 radical (unpaired) electrons. The van der Waals surface area contributed by atoms with Crippen LogP contribution in [0.4, 0.5) is 0 Å². The summed E-state index contributed by atoms with van der Waals surface area (Å²) in [5, 5.41) is 0.502. The highest BCUT2D eigenvalue weighted by atomic mass is 35.5. The van der Waals surface area contributed by atoms with Crippen LogP contribution in [-0.4, -0.2) is 4.40 Å². The Kier molecular flexibility index (Phi) is 1.70. The third-order valence-electron chi connectivity index (χ3n) is 1.57. The molecule has 0 aliphatic carbocycles. The first-order valence-electron chi connectivity index (χ1n) is 3.45. The van der Waals surface area contributed by atoms with E-state index in [0.717, 1.165) is 9.71 Å². The molecule has 62 valence electrons. The molecule has 0 N–H and O–H groups in total. The molecule has 2 aromatic rings. The van der Waals surface area contributed by atoms with Gasteiger partial charge in [-0.2, -0.15) is 0 Å². The van der Waals surface area contributed by atoms with Gasteiger partial charge in [0.2, 0.25) is 0 Å². The summed E-state index contributed by atoms with van der Waals surface area (Å²) in [6.07, 6.45) is 1.82. The van der Waals surface area contributed by atoms with E-state index in [0.29, 0.717) is 5.02 Å². The normalized spacial score (nSPS) is 10.8. The van der Waals surface area contributed by atoms with Gasteiger partial charge in [0, 0.05) is 22.2 Å². The molecule has 2 aromatic heterocycles. The lowest BCUT2D eigenvalue weighted by Crippen LogP contribution is -2.08. The molecule has 4 heteroatoms. The van der Waals surface area contributed by atoms with Crippen LogP contribution in [0.15, 0.2) is 23.1 Å². The van der Waals surface area contributed by atoms with Gasteiger partial charge in [-0.1, -0.05) is 11.6 Å². The van der Waals surface area contributed by atoms with Crippen LogP contribution in [-0.2, 0) is 0 Å². The monoisotopic (exact) mass is 199 g/mol. The molecule has 0 unspecified atom stereocenters. The van der Waals surface area contributed by atoms with Crippen molar-refractivity contribution in [3.05, 3.63) is 38.6 Å². The smallest absolute Gasteiger partial charge is 0.257 e. The molecular weight excluding hydrogens is 194 g/mol. The van der Waals surface area contributed by atoms with E-state index < -0.39 is 0 Å². The van der Waals surface area contributed by atoms with Gasteiger partial charge < -0.3 is 0 Å². The summed E-state index contributed by atoms with van der Waals surface area (Å²) < 4.78 is 1.60. The molecule has 2 nitrogen and oxygen atoms in total. The van der Waals surface area contributed by atoms with Crippen molar-refractivity contribution in [2.75, 3.05) is 0 Å². The molecular formula is C8H6ClNOS. The van der Waals surface area contributed by atoms with E-state index in [9.17, 15) is 4.79 Å². The first-order valence-corrected chi connectivity index (χ1v) is 4.64. The van der Waals surface area contributed by atoms with Gasteiger partial charge in [-0.05, 0) is 13.0 Å². The van der Waals surface area contributed by atoms with Crippen molar-refractivity contribution < 1.29 is 0 Å². The minimum atomic E-state index is -0.0677. The van der Waals surface area contributed by atoms with Crippen LogP contribution in [0.3, 0.4) is 0 Å². The highest BCUT2D eigenvalue weighted by molar-refractivity contribution is 7.17. The molecule has 0 spiro atoms. The number of thiazole rings is 1. The Hall–Kier alpha value is -0.800. The molecule has 0 aromatic carbocycles. The van der Waals surface area contributed by atoms with E-state index in [1.165, 1.54) is 6.07 Å². The molecule has 0 atom stereocenters. The van der Waals surface area contributed by atoms with Crippen molar-refractivity contribution in [2.24, 2.45) is 0 Å². The minimum Gasteiger partial charge on any atom is -0.274 e. The van der Waals surface area contributed by atoms with E-state index in [4.69, 9.17) is 11.6 Å². The summed E-state index contributed by atoms with van der Waals surface area (Å²) in [5.41, 5.74) is -0.0677. The molecule has 0 aliphatic heterocycles. The molecule has 0 saturated carbocycles. The van der Waals surface area contributed by atoms with Gasteiger partial charge in [0.25, 0.3) is 5.56 Å². The van der Waals surface area contributed by atoms with Crippen LogP contribution in [0.25, 0.3) is 4.83 Å². The zero-order chi connectivity index (χ0) is 8.72. The van der Waals surface area contributed by atoms with Gasteiger partial charge in [-0.25, -0.2) is 0 Å². The largest absolute Gasteiger partial charge is 0.274 e. The molecule has 2 heterocycles. The highest BCUT2D eigenvalue weighted by Gasteiger charge is 2.00. The Morgan fingerprint density at radius 2 is 2.25 bits per heavy atom. The summed E-state index contributed by atoms with van der Waals surface area (Å²) in [5.74, 6) is 0. The molecule has 0 saturated heterocycles. The Labute approximate surface area is 78.0 Å². The van der Waals surface area contributed by atoms with Crippen molar-refractivity contribution >= 4 is 27.8 Å². The van der Waals surface area contributed by atoms with Crippen molar-refractivity contribution in [3.8, 4) is 0 Å². The molecule has 2 rings (SSSR count). The van der Waals surface area contributed by atoms with Crippen molar-refractivity contribution in [3.63, 3.8) is 0 Å². The first kappa shape index (κ1) is 7.83. The predicted molar refractivity (Wildman–Crippen MR) is 51.3 cm³/mol. The number of halogens is 1. The van der Waals surface area contributed by atoms with Crippen LogP contribution in [0.2, 0.25) is 5.02 Å². The third-order valence-corrected chi connectivity index (χ3v) is 2.74. The van der Waals surface area contributed by atoms with Gasteiger partial charge in [0.15, 0.2) is 0 Å². The summed E-state index contributed by atoms with van der Waals surface area (Å²) in [6, 6.07) is 3.21. The quantitative estimate of drug-likeness (QED) is 0.638. The molecule has 0 amide bonds. The van der Waals surface area contributed by atoms with Gasteiger partial charge in [0.05, 0.1) is 0 Å². The van der Waals surface area contributed by atoms with Crippen LogP contribution in [0, 0.1) is 6.92 Å². The Balaban J connectivity index is 2.98. The number of nitrogens with zero attached hydrogens (tertiary/aromatic N) is 1. The first-order chi connectivity index (χ1) is 5.66. The number of hydrogen-bond acceptors (Lipinski definition) is 2. The van der Waals surface area contributed by atoms with Crippen LogP contribution >= 0.6 is 22.9 Å². The topological polar surface area (TPSA) is 21.5 Å². The average Bonchev–Trinajstić information content (AvgIpc) is 2.29.